The van der Waals surface area contributed by atoms with Gasteiger partial charge in [0.1, 0.15) is 0 Å². The van der Waals surface area contributed by atoms with Gasteiger partial charge in [-0.1, -0.05) is 26.7 Å². The van der Waals surface area contributed by atoms with E-state index in [2.05, 4.69) is 9.80 Å². The average molecular weight is 250 g/mol. The summed E-state index contributed by atoms with van der Waals surface area (Å²) in [6.45, 7) is 8.57. The molecule has 1 aliphatic carbocycles. The zero-order chi connectivity index (χ0) is 12.7. The molecule has 2 heterocycles. The first-order valence-corrected chi connectivity index (χ1v) is 7.68. The number of hydrogen-bond acceptors (Lipinski definition) is 2. The summed E-state index contributed by atoms with van der Waals surface area (Å²) >= 11 is 0. The molecule has 3 rings (SSSR count). The van der Waals surface area contributed by atoms with Gasteiger partial charge < -0.3 is 4.90 Å². The maximum Gasteiger partial charge on any atom is 0.225 e. The molecular weight excluding hydrogens is 224 g/mol. The topological polar surface area (TPSA) is 23.6 Å². The minimum absolute atomic E-state index is 0.158. The van der Waals surface area contributed by atoms with E-state index in [1.807, 2.05) is 13.8 Å². The van der Waals surface area contributed by atoms with Crippen LogP contribution in [0.15, 0.2) is 0 Å². The Morgan fingerprint density at radius 3 is 2.56 bits per heavy atom. The molecule has 3 heteroatoms. The first-order chi connectivity index (χ1) is 8.65. The minimum Gasteiger partial charge on any atom is -0.341 e. The quantitative estimate of drug-likeness (QED) is 0.764. The van der Waals surface area contributed by atoms with Crippen LogP contribution in [-0.4, -0.2) is 47.9 Å². The number of amides is 1. The fourth-order valence-electron chi connectivity index (χ4n) is 4.03. The third kappa shape index (κ3) is 2.18. The highest BCUT2D eigenvalue weighted by Crippen LogP contribution is 2.36. The van der Waals surface area contributed by atoms with Crippen LogP contribution in [0, 0.1) is 17.8 Å². The molecule has 2 saturated heterocycles. The molecule has 1 saturated carbocycles. The van der Waals surface area contributed by atoms with E-state index >= 15 is 0 Å². The Hall–Kier alpha value is -0.570. The fraction of sp³-hybridized carbons (Fsp3) is 0.933. The Morgan fingerprint density at radius 2 is 1.89 bits per heavy atom. The summed E-state index contributed by atoms with van der Waals surface area (Å²) in [7, 11) is 0. The largest absolute Gasteiger partial charge is 0.341 e. The fourth-order valence-corrected chi connectivity index (χ4v) is 4.03. The molecule has 0 aromatic heterocycles. The highest BCUT2D eigenvalue weighted by atomic mass is 16.2. The standard InChI is InChI=1S/C15H26N2O/c1-11(2)15(18)17-9-13-8-16(14(13)10-17)7-12-5-3-4-6-12/h11-14H,3-10H2,1-2H3. The van der Waals surface area contributed by atoms with Crippen molar-refractivity contribution < 1.29 is 4.79 Å². The Morgan fingerprint density at radius 1 is 1.17 bits per heavy atom. The molecular formula is C15H26N2O. The van der Waals surface area contributed by atoms with E-state index in [-0.39, 0.29) is 5.92 Å². The van der Waals surface area contributed by atoms with Crippen LogP contribution >= 0.6 is 0 Å². The van der Waals surface area contributed by atoms with Gasteiger partial charge in [-0.05, 0) is 18.8 Å². The van der Waals surface area contributed by atoms with Crippen LogP contribution in [0.5, 0.6) is 0 Å². The van der Waals surface area contributed by atoms with Gasteiger partial charge in [0.2, 0.25) is 5.91 Å². The molecule has 0 aromatic rings. The van der Waals surface area contributed by atoms with E-state index in [1.54, 1.807) is 0 Å². The summed E-state index contributed by atoms with van der Waals surface area (Å²) in [5.74, 6) is 2.23. The van der Waals surface area contributed by atoms with E-state index in [0.29, 0.717) is 11.9 Å². The summed E-state index contributed by atoms with van der Waals surface area (Å²) in [6, 6.07) is 0.688. The van der Waals surface area contributed by atoms with Crippen LogP contribution in [0.3, 0.4) is 0 Å². The summed E-state index contributed by atoms with van der Waals surface area (Å²) in [5.41, 5.74) is 0. The van der Waals surface area contributed by atoms with Crippen molar-refractivity contribution in [1.82, 2.24) is 9.80 Å². The normalized spacial score (nSPS) is 32.9. The van der Waals surface area contributed by atoms with Crippen molar-refractivity contribution in [2.24, 2.45) is 17.8 Å². The Balaban J connectivity index is 1.51. The van der Waals surface area contributed by atoms with Gasteiger partial charge >= 0.3 is 0 Å². The Labute approximate surface area is 111 Å². The van der Waals surface area contributed by atoms with Gasteiger partial charge in [0.15, 0.2) is 0 Å². The lowest BCUT2D eigenvalue weighted by Crippen LogP contribution is -2.56. The van der Waals surface area contributed by atoms with Crippen molar-refractivity contribution in [3.8, 4) is 0 Å². The van der Waals surface area contributed by atoms with Crippen molar-refractivity contribution in [3.63, 3.8) is 0 Å². The molecule has 0 aromatic carbocycles. The molecule has 1 amide bonds. The third-order valence-electron chi connectivity index (χ3n) is 5.12. The van der Waals surface area contributed by atoms with Gasteiger partial charge in [0.05, 0.1) is 0 Å². The van der Waals surface area contributed by atoms with E-state index in [1.165, 1.54) is 38.8 Å². The second-order valence-corrected chi connectivity index (χ2v) is 6.83. The number of carbonyl (C=O) groups is 1. The van der Waals surface area contributed by atoms with Crippen LogP contribution in [0.1, 0.15) is 39.5 Å². The number of fused-ring (bicyclic) bond motifs is 1. The lowest BCUT2D eigenvalue weighted by molar-refractivity contribution is -0.133. The average Bonchev–Trinajstić information content (AvgIpc) is 2.92. The summed E-state index contributed by atoms with van der Waals surface area (Å²) in [6.07, 6.45) is 5.74. The smallest absolute Gasteiger partial charge is 0.225 e. The molecule has 0 radical (unpaired) electrons. The van der Waals surface area contributed by atoms with Crippen LogP contribution in [-0.2, 0) is 4.79 Å². The van der Waals surface area contributed by atoms with Gasteiger partial charge in [-0.15, -0.1) is 0 Å². The highest BCUT2D eigenvalue weighted by Gasteiger charge is 2.47. The predicted molar refractivity (Wildman–Crippen MR) is 72.2 cm³/mol. The maximum atomic E-state index is 12.0. The Kier molecular flexibility index (Phi) is 3.35. The van der Waals surface area contributed by atoms with E-state index in [4.69, 9.17) is 0 Å². The van der Waals surface area contributed by atoms with Crippen LogP contribution in [0.25, 0.3) is 0 Å². The van der Waals surface area contributed by atoms with E-state index < -0.39 is 0 Å². The van der Waals surface area contributed by atoms with Crippen molar-refractivity contribution in [3.05, 3.63) is 0 Å². The second kappa shape index (κ2) is 4.84. The lowest BCUT2D eigenvalue weighted by Gasteiger charge is -2.44. The second-order valence-electron chi connectivity index (χ2n) is 6.83. The molecule has 2 aliphatic heterocycles. The van der Waals surface area contributed by atoms with Gasteiger partial charge in [0, 0.05) is 44.1 Å². The number of rotatable bonds is 3. The number of carbonyl (C=O) groups excluding carboxylic acids is 1. The molecule has 2 unspecified atom stereocenters. The summed E-state index contributed by atoms with van der Waals surface area (Å²) < 4.78 is 0. The molecule has 2 atom stereocenters. The molecule has 3 aliphatic rings. The number of likely N-dealkylation sites (tertiary alicyclic amines) is 2. The molecule has 3 nitrogen and oxygen atoms in total. The van der Waals surface area contributed by atoms with Crippen LogP contribution in [0.4, 0.5) is 0 Å². The lowest BCUT2D eigenvalue weighted by atomic mass is 9.90. The summed E-state index contributed by atoms with van der Waals surface area (Å²) in [4.78, 5) is 16.8. The minimum atomic E-state index is 0.158. The van der Waals surface area contributed by atoms with Crippen molar-refractivity contribution >= 4 is 5.91 Å². The van der Waals surface area contributed by atoms with Crippen molar-refractivity contribution in [2.45, 2.75) is 45.6 Å². The molecule has 0 N–H and O–H groups in total. The monoisotopic (exact) mass is 250 g/mol. The molecule has 102 valence electrons. The first-order valence-electron chi connectivity index (χ1n) is 7.68. The summed E-state index contributed by atoms with van der Waals surface area (Å²) in [5, 5.41) is 0. The van der Waals surface area contributed by atoms with Crippen molar-refractivity contribution in [2.75, 3.05) is 26.2 Å². The van der Waals surface area contributed by atoms with Crippen molar-refractivity contribution in [1.29, 1.82) is 0 Å². The van der Waals surface area contributed by atoms with E-state index in [9.17, 15) is 4.79 Å². The zero-order valence-corrected chi connectivity index (χ0v) is 11.8. The molecule has 0 spiro atoms. The SMILES string of the molecule is CC(C)C(=O)N1CC2CN(CC3CCCC3)C2C1. The predicted octanol–water partition coefficient (Wildman–Crippen LogP) is 1.98. The maximum absolute atomic E-state index is 12.0. The van der Waals surface area contributed by atoms with Gasteiger partial charge in [-0.25, -0.2) is 0 Å². The first kappa shape index (κ1) is 12.5. The van der Waals surface area contributed by atoms with Crippen LogP contribution in [0.2, 0.25) is 0 Å². The third-order valence-corrected chi connectivity index (χ3v) is 5.12. The highest BCUT2D eigenvalue weighted by molar-refractivity contribution is 5.78. The zero-order valence-electron chi connectivity index (χ0n) is 11.8. The van der Waals surface area contributed by atoms with Gasteiger partial charge in [0.25, 0.3) is 0 Å². The molecule has 18 heavy (non-hydrogen) atoms. The Bertz CT molecular complexity index is 322. The number of hydrogen-bond donors (Lipinski definition) is 0. The van der Waals surface area contributed by atoms with Gasteiger partial charge in [-0.3, -0.25) is 9.69 Å². The molecule has 0 bridgehead atoms. The van der Waals surface area contributed by atoms with E-state index in [0.717, 1.165) is 24.9 Å². The van der Waals surface area contributed by atoms with Crippen LogP contribution < -0.4 is 0 Å². The van der Waals surface area contributed by atoms with Gasteiger partial charge in [-0.2, -0.15) is 0 Å². The number of nitrogens with zero attached hydrogens (tertiary/aromatic N) is 2. The molecule has 3 fully saturated rings.